The molecule has 0 amide bonds. The third-order valence-corrected chi connectivity index (χ3v) is 2.66. The molecule has 0 N–H and O–H groups in total. The summed E-state index contributed by atoms with van der Waals surface area (Å²) in [6, 6.07) is 1.92. The van der Waals surface area contributed by atoms with Crippen LogP contribution < -0.4 is 0 Å². The highest BCUT2D eigenvalue weighted by Crippen LogP contribution is 2.11. The van der Waals surface area contributed by atoms with E-state index in [-0.39, 0.29) is 12.0 Å². The molecule has 4 heteroatoms. The molecule has 0 aliphatic carbocycles. The fourth-order valence-corrected chi connectivity index (χ4v) is 1.71. The smallest absolute Gasteiger partial charge is 0.323 e. The third-order valence-electron chi connectivity index (χ3n) is 2.66. The second kappa shape index (κ2) is 9.17. The van der Waals surface area contributed by atoms with E-state index in [1.54, 1.807) is 0 Å². The van der Waals surface area contributed by atoms with Crippen molar-refractivity contribution in [3.05, 3.63) is 0 Å². The van der Waals surface area contributed by atoms with Crippen LogP contribution in [0.25, 0.3) is 0 Å². The predicted octanol–water partition coefficient (Wildman–Crippen LogP) is 1.95. The molecule has 0 bridgehead atoms. The average Bonchev–Trinajstić information content (AvgIpc) is 2.32. The van der Waals surface area contributed by atoms with E-state index < -0.39 is 0 Å². The molecule has 0 saturated carbocycles. The number of hydrogen-bond acceptors (Lipinski definition) is 4. The van der Waals surface area contributed by atoms with E-state index in [9.17, 15) is 4.79 Å². The molecule has 0 aliphatic heterocycles. The molecule has 0 heterocycles. The van der Waals surface area contributed by atoms with Crippen molar-refractivity contribution >= 4 is 5.97 Å². The Morgan fingerprint density at radius 1 is 1.50 bits per heavy atom. The number of methoxy groups -OCH3 is 1. The van der Waals surface area contributed by atoms with Crippen LogP contribution in [0.1, 0.15) is 39.5 Å². The molecule has 0 saturated heterocycles. The highest BCUT2D eigenvalue weighted by atomic mass is 16.5. The molecule has 0 spiro atoms. The van der Waals surface area contributed by atoms with Gasteiger partial charge in [0.25, 0.3) is 0 Å². The van der Waals surface area contributed by atoms with Crippen molar-refractivity contribution in [2.75, 3.05) is 20.2 Å². The second-order valence-electron chi connectivity index (χ2n) is 3.72. The monoisotopic (exact) mass is 226 g/mol. The van der Waals surface area contributed by atoms with Crippen LogP contribution in [-0.4, -0.2) is 37.1 Å². The zero-order valence-electron chi connectivity index (χ0n) is 10.5. The molecule has 1 atom stereocenters. The number of rotatable bonds is 8. The molecule has 0 rings (SSSR count). The number of carbonyl (C=O) groups excluding carboxylic acids is 1. The molecule has 16 heavy (non-hydrogen) atoms. The van der Waals surface area contributed by atoms with Crippen molar-refractivity contribution in [2.24, 2.45) is 0 Å². The molecule has 0 fully saturated rings. The van der Waals surface area contributed by atoms with Gasteiger partial charge in [0.15, 0.2) is 0 Å². The lowest BCUT2D eigenvalue weighted by molar-refractivity contribution is -0.147. The summed E-state index contributed by atoms with van der Waals surface area (Å²) in [4.78, 5) is 13.7. The molecular formula is C12H22N2O2. The number of hydrogen-bond donors (Lipinski definition) is 0. The predicted molar refractivity (Wildman–Crippen MR) is 62.8 cm³/mol. The fourth-order valence-electron chi connectivity index (χ4n) is 1.71. The third kappa shape index (κ3) is 5.13. The van der Waals surface area contributed by atoms with E-state index in [1.807, 2.05) is 11.8 Å². The van der Waals surface area contributed by atoms with Crippen LogP contribution in [0.15, 0.2) is 0 Å². The van der Waals surface area contributed by atoms with Crippen LogP contribution >= 0.6 is 0 Å². The molecule has 0 aromatic heterocycles. The first-order valence-corrected chi connectivity index (χ1v) is 5.90. The van der Waals surface area contributed by atoms with Crippen molar-refractivity contribution in [3.8, 4) is 6.07 Å². The molecular weight excluding hydrogens is 204 g/mol. The van der Waals surface area contributed by atoms with Gasteiger partial charge in [-0.25, -0.2) is 0 Å². The number of nitriles is 1. The summed E-state index contributed by atoms with van der Waals surface area (Å²) in [5, 5.41) is 8.57. The topological polar surface area (TPSA) is 53.3 Å². The Balaban J connectivity index is 4.43. The summed E-state index contributed by atoms with van der Waals surface area (Å²) in [5.41, 5.74) is 0. The van der Waals surface area contributed by atoms with E-state index in [4.69, 9.17) is 10.00 Å². The molecule has 0 aromatic carbocycles. The van der Waals surface area contributed by atoms with Crippen molar-refractivity contribution in [2.45, 2.75) is 45.6 Å². The Hall–Kier alpha value is -1.08. The van der Waals surface area contributed by atoms with Gasteiger partial charge >= 0.3 is 5.97 Å². The number of esters is 1. The molecule has 1 unspecified atom stereocenters. The fraction of sp³-hybridized carbons (Fsp3) is 0.833. The minimum atomic E-state index is -0.191. The highest BCUT2D eigenvalue weighted by molar-refractivity contribution is 5.75. The van der Waals surface area contributed by atoms with Crippen molar-refractivity contribution in [1.82, 2.24) is 4.90 Å². The first-order chi connectivity index (χ1) is 7.71. The van der Waals surface area contributed by atoms with E-state index in [2.05, 4.69) is 13.0 Å². The Bertz CT molecular complexity index is 236. The van der Waals surface area contributed by atoms with Gasteiger partial charge in [-0.1, -0.05) is 26.7 Å². The molecule has 0 radical (unpaired) electrons. The van der Waals surface area contributed by atoms with Gasteiger partial charge < -0.3 is 4.74 Å². The van der Waals surface area contributed by atoms with Crippen LogP contribution in [0.2, 0.25) is 0 Å². The van der Waals surface area contributed by atoms with Gasteiger partial charge in [0.05, 0.1) is 13.2 Å². The minimum absolute atomic E-state index is 0.187. The van der Waals surface area contributed by atoms with E-state index >= 15 is 0 Å². The van der Waals surface area contributed by atoms with Gasteiger partial charge in [0, 0.05) is 13.0 Å². The summed E-state index contributed by atoms with van der Waals surface area (Å²) in [5.74, 6) is -0.187. The van der Waals surface area contributed by atoms with Gasteiger partial charge in [0.2, 0.25) is 0 Å². The summed E-state index contributed by atoms with van der Waals surface area (Å²) in [6.45, 7) is 5.50. The zero-order valence-corrected chi connectivity index (χ0v) is 10.5. The Labute approximate surface area is 98.2 Å². The second-order valence-corrected chi connectivity index (χ2v) is 3.72. The molecule has 92 valence electrons. The summed E-state index contributed by atoms with van der Waals surface area (Å²) < 4.78 is 4.81. The minimum Gasteiger partial charge on any atom is -0.468 e. The van der Waals surface area contributed by atoms with Crippen LogP contribution in [0, 0.1) is 11.3 Å². The summed E-state index contributed by atoms with van der Waals surface area (Å²) >= 11 is 0. The Morgan fingerprint density at radius 2 is 2.19 bits per heavy atom. The van der Waals surface area contributed by atoms with E-state index in [1.165, 1.54) is 7.11 Å². The lowest BCUT2D eigenvalue weighted by Gasteiger charge is -2.27. The lowest BCUT2D eigenvalue weighted by atomic mass is 10.1. The van der Waals surface area contributed by atoms with Gasteiger partial charge in [-0.2, -0.15) is 5.26 Å². The van der Waals surface area contributed by atoms with Crippen LogP contribution in [0.4, 0.5) is 0 Å². The maximum absolute atomic E-state index is 11.6. The first kappa shape index (κ1) is 14.9. The normalized spacial score (nSPS) is 12.2. The lowest BCUT2D eigenvalue weighted by Crippen LogP contribution is -2.42. The Morgan fingerprint density at radius 3 is 2.62 bits per heavy atom. The molecule has 4 nitrogen and oxygen atoms in total. The molecule has 0 aromatic rings. The van der Waals surface area contributed by atoms with Gasteiger partial charge in [-0.05, 0) is 13.0 Å². The van der Waals surface area contributed by atoms with Crippen LogP contribution in [-0.2, 0) is 9.53 Å². The van der Waals surface area contributed by atoms with E-state index in [0.717, 1.165) is 25.8 Å². The Kier molecular flexibility index (Phi) is 8.55. The van der Waals surface area contributed by atoms with Gasteiger partial charge in [-0.3, -0.25) is 9.69 Å². The number of nitrogens with zero attached hydrogens (tertiary/aromatic N) is 2. The zero-order chi connectivity index (χ0) is 12.4. The van der Waals surface area contributed by atoms with Gasteiger partial charge in [-0.15, -0.1) is 0 Å². The maximum Gasteiger partial charge on any atom is 0.323 e. The number of ether oxygens (including phenoxy) is 1. The molecule has 0 aliphatic rings. The highest BCUT2D eigenvalue weighted by Gasteiger charge is 2.24. The number of carbonyl (C=O) groups is 1. The van der Waals surface area contributed by atoms with Crippen LogP contribution in [0.5, 0.6) is 0 Å². The SMILES string of the molecule is CCCCC(C(=O)OC)N(CC)CCC#N. The number of unbranched alkanes of at least 4 members (excludes halogenated alkanes) is 1. The quantitative estimate of drug-likeness (QED) is 0.594. The van der Waals surface area contributed by atoms with E-state index in [0.29, 0.717) is 13.0 Å². The van der Waals surface area contributed by atoms with Gasteiger partial charge in [0.1, 0.15) is 6.04 Å². The number of likely N-dealkylation sites (N-methyl/N-ethyl adjacent to an activating group) is 1. The van der Waals surface area contributed by atoms with Crippen molar-refractivity contribution in [3.63, 3.8) is 0 Å². The first-order valence-electron chi connectivity index (χ1n) is 5.90. The standard InChI is InChI=1S/C12H22N2O2/c1-4-6-8-11(12(15)16-3)14(5-2)10-7-9-13/h11H,4-8,10H2,1-3H3. The summed E-state index contributed by atoms with van der Waals surface area (Å²) in [7, 11) is 1.42. The maximum atomic E-state index is 11.6. The average molecular weight is 226 g/mol. The largest absolute Gasteiger partial charge is 0.468 e. The van der Waals surface area contributed by atoms with Crippen molar-refractivity contribution < 1.29 is 9.53 Å². The van der Waals surface area contributed by atoms with Crippen LogP contribution in [0.3, 0.4) is 0 Å². The van der Waals surface area contributed by atoms with Crippen molar-refractivity contribution in [1.29, 1.82) is 5.26 Å². The summed E-state index contributed by atoms with van der Waals surface area (Å²) in [6.07, 6.45) is 3.32.